The van der Waals surface area contributed by atoms with Gasteiger partial charge in [-0.2, -0.15) is 5.10 Å². The van der Waals surface area contributed by atoms with E-state index in [1.54, 1.807) is 0 Å². The van der Waals surface area contributed by atoms with Crippen molar-refractivity contribution in [2.24, 2.45) is 5.73 Å². The first-order valence-corrected chi connectivity index (χ1v) is 3.76. The van der Waals surface area contributed by atoms with E-state index < -0.39 is 0 Å². The zero-order valence-corrected chi connectivity index (χ0v) is 6.70. The summed E-state index contributed by atoms with van der Waals surface area (Å²) >= 11 is 0. The predicted molar refractivity (Wildman–Crippen MR) is 46.0 cm³/mol. The van der Waals surface area contributed by atoms with Crippen molar-refractivity contribution >= 4 is 6.08 Å². The van der Waals surface area contributed by atoms with E-state index in [2.05, 4.69) is 12.0 Å². The number of aromatic nitrogens is 2. The highest BCUT2D eigenvalue weighted by Crippen LogP contribution is 1.99. The molecule has 0 bridgehead atoms. The van der Waals surface area contributed by atoms with E-state index in [1.807, 2.05) is 29.2 Å². The summed E-state index contributed by atoms with van der Waals surface area (Å²) in [4.78, 5) is 0. The maximum absolute atomic E-state index is 5.30. The van der Waals surface area contributed by atoms with Crippen molar-refractivity contribution in [2.75, 3.05) is 6.54 Å². The Morgan fingerprint density at radius 1 is 1.73 bits per heavy atom. The van der Waals surface area contributed by atoms with E-state index in [1.165, 1.54) is 0 Å². The van der Waals surface area contributed by atoms with Gasteiger partial charge in [-0.25, -0.2) is 0 Å². The minimum atomic E-state index is 0.581. The molecule has 3 heteroatoms. The number of rotatable bonds is 3. The molecule has 0 amide bonds. The summed E-state index contributed by atoms with van der Waals surface area (Å²) in [5, 5.41) is 4.11. The summed E-state index contributed by atoms with van der Waals surface area (Å²) in [5.74, 6) is 0. The Bertz CT molecular complexity index is 237. The van der Waals surface area contributed by atoms with Crippen molar-refractivity contribution in [3.8, 4) is 0 Å². The van der Waals surface area contributed by atoms with Crippen LogP contribution >= 0.6 is 0 Å². The third kappa shape index (κ3) is 2.20. The van der Waals surface area contributed by atoms with Gasteiger partial charge >= 0.3 is 0 Å². The standard InChI is InChI=1S/C8H13N3/c1-2-11-7-8(6-10-11)4-3-5-9/h3-4,6-7H,2,5,9H2,1H3. The Morgan fingerprint density at radius 2 is 2.55 bits per heavy atom. The number of hydrogen-bond donors (Lipinski definition) is 1. The van der Waals surface area contributed by atoms with Gasteiger partial charge in [-0.1, -0.05) is 12.2 Å². The van der Waals surface area contributed by atoms with E-state index >= 15 is 0 Å². The monoisotopic (exact) mass is 151 g/mol. The number of nitrogens with two attached hydrogens (primary N) is 1. The third-order valence-corrected chi connectivity index (χ3v) is 1.42. The first kappa shape index (κ1) is 8.01. The zero-order chi connectivity index (χ0) is 8.10. The number of aryl methyl sites for hydroxylation is 1. The van der Waals surface area contributed by atoms with E-state index in [9.17, 15) is 0 Å². The first-order chi connectivity index (χ1) is 5.36. The van der Waals surface area contributed by atoms with Crippen LogP contribution in [0.4, 0.5) is 0 Å². The Kier molecular flexibility index (Phi) is 2.86. The van der Waals surface area contributed by atoms with Gasteiger partial charge in [0, 0.05) is 24.8 Å². The highest BCUT2D eigenvalue weighted by atomic mass is 15.3. The summed E-state index contributed by atoms with van der Waals surface area (Å²) in [6, 6.07) is 0. The first-order valence-electron chi connectivity index (χ1n) is 3.76. The zero-order valence-electron chi connectivity index (χ0n) is 6.70. The van der Waals surface area contributed by atoms with E-state index in [0.29, 0.717) is 6.54 Å². The van der Waals surface area contributed by atoms with Gasteiger partial charge in [0.15, 0.2) is 0 Å². The predicted octanol–water partition coefficient (Wildman–Crippen LogP) is 0.875. The van der Waals surface area contributed by atoms with Crippen LogP contribution in [0.15, 0.2) is 18.5 Å². The fourth-order valence-electron chi connectivity index (χ4n) is 0.843. The molecule has 0 aromatic carbocycles. The normalized spacial score (nSPS) is 11.1. The van der Waals surface area contributed by atoms with E-state index in [0.717, 1.165) is 12.1 Å². The van der Waals surface area contributed by atoms with Crippen LogP contribution in [0.3, 0.4) is 0 Å². The molecule has 11 heavy (non-hydrogen) atoms. The van der Waals surface area contributed by atoms with Gasteiger partial charge in [-0.3, -0.25) is 4.68 Å². The molecule has 0 saturated carbocycles. The fourth-order valence-corrected chi connectivity index (χ4v) is 0.843. The largest absolute Gasteiger partial charge is 0.327 e. The lowest BCUT2D eigenvalue weighted by atomic mass is 10.3. The average Bonchev–Trinajstić information content (AvgIpc) is 2.48. The summed E-state index contributed by atoms with van der Waals surface area (Å²) in [6.45, 7) is 3.55. The molecule has 0 fully saturated rings. The lowest BCUT2D eigenvalue weighted by molar-refractivity contribution is 0.660. The Morgan fingerprint density at radius 3 is 3.09 bits per heavy atom. The molecule has 0 aliphatic heterocycles. The van der Waals surface area contributed by atoms with Crippen LogP contribution in [0, 0.1) is 0 Å². The highest BCUT2D eigenvalue weighted by Gasteiger charge is 1.89. The summed E-state index contributed by atoms with van der Waals surface area (Å²) in [6.07, 6.45) is 7.71. The molecule has 3 nitrogen and oxygen atoms in total. The van der Waals surface area contributed by atoms with Crippen molar-refractivity contribution in [2.45, 2.75) is 13.5 Å². The van der Waals surface area contributed by atoms with Crippen molar-refractivity contribution in [3.05, 3.63) is 24.0 Å². The van der Waals surface area contributed by atoms with Gasteiger partial charge < -0.3 is 5.73 Å². The fraction of sp³-hybridized carbons (Fsp3) is 0.375. The highest BCUT2D eigenvalue weighted by molar-refractivity contribution is 5.46. The molecular weight excluding hydrogens is 138 g/mol. The molecule has 1 heterocycles. The summed E-state index contributed by atoms with van der Waals surface area (Å²) in [7, 11) is 0. The van der Waals surface area contributed by atoms with Gasteiger partial charge in [-0.15, -0.1) is 0 Å². The lowest BCUT2D eigenvalue weighted by Crippen LogP contribution is -1.92. The molecule has 1 rings (SSSR count). The molecule has 1 aromatic heterocycles. The van der Waals surface area contributed by atoms with Gasteiger partial charge in [-0.05, 0) is 6.92 Å². The maximum atomic E-state index is 5.30. The van der Waals surface area contributed by atoms with Crippen LogP contribution in [0.5, 0.6) is 0 Å². The van der Waals surface area contributed by atoms with Crippen LogP contribution in [0.2, 0.25) is 0 Å². The summed E-state index contributed by atoms with van der Waals surface area (Å²) < 4.78 is 1.89. The molecule has 0 spiro atoms. The van der Waals surface area contributed by atoms with Gasteiger partial charge in [0.25, 0.3) is 0 Å². The number of nitrogens with zero attached hydrogens (tertiary/aromatic N) is 2. The molecule has 2 N–H and O–H groups in total. The molecular formula is C8H13N3. The lowest BCUT2D eigenvalue weighted by Gasteiger charge is -1.89. The van der Waals surface area contributed by atoms with Crippen molar-refractivity contribution in [1.82, 2.24) is 9.78 Å². The second kappa shape index (κ2) is 3.93. The van der Waals surface area contributed by atoms with Crippen molar-refractivity contribution in [1.29, 1.82) is 0 Å². The Balaban J connectivity index is 2.65. The second-order valence-electron chi connectivity index (χ2n) is 2.27. The van der Waals surface area contributed by atoms with Crippen LogP contribution in [-0.4, -0.2) is 16.3 Å². The molecule has 0 aliphatic carbocycles. The second-order valence-corrected chi connectivity index (χ2v) is 2.27. The quantitative estimate of drug-likeness (QED) is 0.696. The van der Waals surface area contributed by atoms with Gasteiger partial charge in [0.2, 0.25) is 0 Å². The average molecular weight is 151 g/mol. The maximum Gasteiger partial charge on any atom is 0.0562 e. The van der Waals surface area contributed by atoms with Gasteiger partial charge in [0.1, 0.15) is 0 Å². The third-order valence-electron chi connectivity index (χ3n) is 1.42. The van der Waals surface area contributed by atoms with Crippen LogP contribution in [0.25, 0.3) is 6.08 Å². The minimum absolute atomic E-state index is 0.581. The van der Waals surface area contributed by atoms with Gasteiger partial charge in [0.05, 0.1) is 6.20 Å². The summed E-state index contributed by atoms with van der Waals surface area (Å²) in [5.41, 5.74) is 6.41. The molecule has 60 valence electrons. The molecule has 1 aromatic rings. The SMILES string of the molecule is CCn1cc(C=CCN)cn1. The smallest absolute Gasteiger partial charge is 0.0562 e. The Labute approximate surface area is 66.5 Å². The van der Waals surface area contributed by atoms with Crippen molar-refractivity contribution in [3.63, 3.8) is 0 Å². The minimum Gasteiger partial charge on any atom is -0.327 e. The number of hydrogen-bond acceptors (Lipinski definition) is 2. The van der Waals surface area contributed by atoms with Crippen LogP contribution in [0.1, 0.15) is 12.5 Å². The van der Waals surface area contributed by atoms with Crippen LogP contribution < -0.4 is 5.73 Å². The topological polar surface area (TPSA) is 43.8 Å². The molecule has 0 radical (unpaired) electrons. The molecule has 0 saturated heterocycles. The van der Waals surface area contributed by atoms with Crippen molar-refractivity contribution < 1.29 is 0 Å². The van der Waals surface area contributed by atoms with E-state index in [-0.39, 0.29) is 0 Å². The van der Waals surface area contributed by atoms with E-state index in [4.69, 9.17) is 5.73 Å². The molecule has 0 unspecified atom stereocenters. The molecule has 0 atom stereocenters. The van der Waals surface area contributed by atoms with Crippen LogP contribution in [-0.2, 0) is 6.54 Å². The molecule has 0 aliphatic rings. The Hall–Kier alpha value is -1.09.